The molecule has 78 valence electrons. The van der Waals surface area contributed by atoms with E-state index in [-0.39, 0.29) is 0 Å². The molecule has 0 amide bonds. The number of thioether (sulfide) groups is 2. The monoisotopic (exact) mass is 239 g/mol. The van der Waals surface area contributed by atoms with Gasteiger partial charge in [-0.1, -0.05) is 23.5 Å². The van der Waals surface area contributed by atoms with E-state index in [1.165, 1.54) is 0 Å². The lowest BCUT2D eigenvalue weighted by atomic mass is 10.3. The van der Waals surface area contributed by atoms with Crippen LogP contribution in [-0.2, 0) is 0 Å². The summed E-state index contributed by atoms with van der Waals surface area (Å²) in [5.74, 6) is 3.93. The standard InChI is InChI=1S/C10H9NO2S2/c1-2-8-9(13-6-12-8)5-7(1)11-10-14-3-4-15-10/h1-2,5H,3-4,6H2. The fraction of sp³-hybridized carbons (Fsp3) is 0.300. The van der Waals surface area contributed by atoms with Crippen molar-refractivity contribution in [2.45, 2.75) is 0 Å². The maximum absolute atomic E-state index is 5.30. The Balaban J connectivity index is 1.89. The highest BCUT2D eigenvalue weighted by Gasteiger charge is 2.14. The van der Waals surface area contributed by atoms with Gasteiger partial charge in [0.2, 0.25) is 6.79 Å². The minimum absolute atomic E-state index is 0.318. The molecule has 3 nitrogen and oxygen atoms in total. The molecule has 5 heteroatoms. The second kappa shape index (κ2) is 3.98. The van der Waals surface area contributed by atoms with Crippen LogP contribution in [0.5, 0.6) is 11.5 Å². The summed E-state index contributed by atoms with van der Waals surface area (Å²) >= 11 is 3.62. The van der Waals surface area contributed by atoms with Gasteiger partial charge in [0, 0.05) is 17.6 Å². The number of fused-ring (bicyclic) bond motifs is 1. The molecule has 1 saturated heterocycles. The molecule has 0 atom stereocenters. The third-order valence-corrected chi connectivity index (χ3v) is 4.57. The minimum Gasteiger partial charge on any atom is -0.454 e. The lowest BCUT2D eigenvalue weighted by Gasteiger charge is -1.98. The van der Waals surface area contributed by atoms with Crippen LogP contribution in [0.2, 0.25) is 0 Å². The molecule has 2 aliphatic heterocycles. The highest BCUT2D eigenvalue weighted by atomic mass is 32.2. The highest BCUT2D eigenvalue weighted by molar-refractivity contribution is 8.41. The fourth-order valence-corrected chi connectivity index (χ4v) is 3.61. The molecule has 0 unspecified atom stereocenters. The molecule has 0 aromatic heterocycles. The first-order chi connectivity index (χ1) is 7.42. The molecule has 1 aromatic rings. The van der Waals surface area contributed by atoms with E-state index in [0.29, 0.717) is 6.79 Å². The van der Waals surface area contributed by atoms with Crippen molar-refractivity contribution in [2.24, 2.45) is 4.99 Å². The van der Waals surface area contributed by atoms with Crippen LogP contribution in [0.1, 0.15) is 0 Å². The van der Waals surface area contributed by atoms with Gasteiger partial charge in [-0.3, -0.25) is 0 Å². The molecule has 2 heterocycles. The topological polar surface area (TPSA) is 30.8 Å². The molecule has 15 heavy (non-hydrogen) atoms. The molecule has 2 aliphatic rings. The van der Waals surface area contributed by atoms with Gasteiger partial charge in [-0.25, -0.2) is 4.99 Å². The summed E-state index contributed by atoms with van der Waals surface area (Å²) in [6, 6.07) is 5.79. The molecule has 0 bridgehead atoms. The van der Waals surface area contributed by atoms with Crippen molar-refractivity contribution in [3.05, 3.63) is 18.2 Å². The van der Waals surface area contributed by atoms with E-state index in [9.17, 15) is 0 Å². The zero-order chi connectivity index (χ0) is 10.1. The molecule has 0 saturated carbocycles. The van der Waals surface area contributed by atoms with E-state index in [2.05, 4.69) is 4.99 Å². The van der Waals surface area contributed by atoms with Gasteiger partial charge in [-0.05, 0) is 12.1 Å². The third kappa shape index (κ3) is 1.94. The van der Waals surface area contributed by atoms with Gasteiger partial charge in [-0.15, -0.1) is 0 Å². The van der Waals surface area contributed by atoms with E-state index in [0.717, 1.165) is 33.1 Å². The Bertz CT molecular complexity index is 412. The van der Waals surface area contributed by atoms with Crippen LogP contribution >= 0.6 is 23.5 Å². The summed E-state index contributed by atoms with van der Waals surface area (Å²) in [5, 5.41) is 0. The predicted molar refractivity (Wildman–Crippen MR) is 64.6 cm³/mol. The number of ether oxygens (including phenoxy) is 2. The summed E-state index contributed by atoms with van der Waals surface area (Å²) in [6.45, 7) is 0.318. The number of benzene rings is 1. The SMILES string of the molecule is c1cc2c(cc1N=C1SCCS1)OCO2. The zero-order valence-corrected chi connectivity index (χ0v) is 9.57. The lowest BCUT2D eigenvalue weighted by molar-refractivity contribution is 0.174. The van der Waals surface area contributed by atoms with Gasteiger partial charge in [0.05, 0.1) is 5.69 Å². The first-order valence-corrected chi connectivity index (χ1v) is 6.63. The number of aliphatic imine (C=N–C) groups is 1. The molecular weight excluding hydrogens is 230 g/mol. The van der Waals surface area contributed by atoms with Crippen LogP contribution in [0, 0.1) is 0 Å². The predicted octanol–water partition coefficient (Wildman–Crippen LogP) is 2.88. The zero-order valence-electron chi connectivity index (χ0n) is 7.93. The largest absolute Gasteiger partial charge is 0.454 e. The van der Waals surface area contributed by atoms with Gasteiger partial charge in [0.25, 0.3) is 0 Å². The van der Waals surface area contributed by atoms with Gasteiger partial charge in [0.1, 0.15) is 4.38 Å². The summed E-state index contributed by atoms with van der Waals surface area (Å²) in [6.07, 6.45) is 0. The summed E-state index contributed by atoms with van der Waals surface area (Å²) in [7, 11) is 0. The number of nitrogens with zero attached hydrogens (tertiary/aromatic N) is 1. The third-order valence-electron chi connectivity index (χ3n) is 2.11. The van der Waals surface area contributed by atoms with Crippen LogP contribution in [0.25, 0.3) is 0 Å². The first-order valence-electron chi connectivity index (χ1n) is 4.66. The van der Waals surface area contributed by atoms with Crippen LogP contribution in [-0.4, -0.2) is 22.7 Å². The maximum atomic E-state index is 5.30. The van der Waals surface area contributed by atoms with E-state index >= 15 is 0 Å². The Morgan fingerprint density at radius 3 is 2.73 bits per heavy atom. The first kappa shape index (κ1) is 9.42. The molecular formula is C10H9NO2S2. The van der Waals surface area contributed by atoms with Crippen LogP contribution in [0.3, 0.4) is 0 Å². The molecule has 0 N–H and O–H groups in total. The Morgan fingerprint density at radius 1 is 1.07 bits per heavy atom. The van der Waals surface area contributed by atoms with Crippen molar-refractivity contribution in [3.63, 3.8) is 0 Å². The Kier molecular flexibility index (Phi) is 2.50. The second-order valence-corrected chi connectivity index (χ2v) is 5.54. The number of hydrogen-bond acceptors (Lipinski definition) is 5. The van der Waals surface area contributed by atoms with Crippen LogP contribution in [0.15, 0.2) is 23.2 Å². The normalized spacial score (nSPS) is 18.3. The van der Waals surface area contributed by atoms with Crippen molar-refractivity contribution in [2.75, 3.05) is 18.3 Å². The molecule has 1 fully saturated rings. The molecule has 1 aromatic carbocycles. The van der Waals surface area contributed by atoms with E-state index in [1.807, 2.05) is 41.7 Å². The van der Waals surface area contributed by atoms with Crippen LogP contribution < -0.4 is 9.47 Å². The van der Waals surface area contributed by atoms with Gasteiger partial charge in [-0.2, -0.15) is 0 Å². The van der Waals surface area contributed by atoms with Gasteiger partial charge in [0.15, 0.2) is 11.5 Å². The summed E-state index contributed by atoms with van der Waals surface area (Å²) < 4.78 is 11.7. The van der Waals surface area contributed by atoms with Crippen molar-refractivity contribution < 1.29 is 9.47 Å². The van der Waals surface area contributed by atoms with Crippen molar-refractivity contribution in [3.8, 4) is 11.5 Å². The molecule has 0 aliphatic carbocycles. The van der Waals surface area contributed by atoms with Crippen LogP contribution in [0.4, 0.5) is 5.69 Å². The Morgan fingerprint density at radius 2 is 1.87 bits per heavy atom. The van der Waals surface area contributed by atoms with Gasteiger partial charge < -0.3 is 9.47 Å². The van der Waals surface area contributed by atoms with Gasteiger partial charge >= 0.3 is 0 Å². The molecule has 3 rings (SSSR count). The number of hydrogen-bond donors (Lipinski definition) is 0. The lowest BCUT2D eigenvalue weighted by Crippen LogP contribution is -1.92. The van der Waals surface area contributed by atoms with Crippen molar-refractivity contribution in [1.29, 1.82) is 0 Å². The number of rotatable bonds is 1. The summed E-state index contributed by atoms with van der Waals surface area (Å²) in [5.41, 5.74) is 0.941. The quantitative estimate of drug-likeness (QED) is 0.754. The Hall–Kier alpha value is -0.810. The average molecular weight is 239 g/mol. The average Bonchev–Trinajstić information content (AvgIpc) is 2.87. The smallest absolute Gasteiger partial charge is 0.231 e. The van der Waals surface area contributed by atoms with Crippen molar-refractivity contribution in [1.82, 2.24) is 0 Å². The second-order valence-electron chi connectivity index (χ2n) is 3.11. The van der Waals surface area contributed by atoms with E-state index in [4.69, 9.17) is 9.47 Å². The maximum Gasteiger partial charge on any atom is 0.231 e. The van der Waals surface area contributed by atoms with Crippen molar-refractivity contribution >= 4 is 33.6 Å². The Labute approximate surface area is 96.2 Å². The van der Waals surface area contributed by atoms with E-state index < -0.39 is 0 Å². The molecule has 0 spiro atoms. The summed E-state index contributed by atoms with van der Waals surface area (Å²) in [4.78, 5) is 4.54. The highest BCUT2D eigenvalue weighted by Crippen LogP contribution is 2.36. The van der Waals surface area contributed by atoms with E-state index in [1.54, 1.807) is 0 Å². The fourth-order valence-electron chi connectivity index (χ4n) is 1.42. The minimum atomic E-state index is 0.318. The molecule has 0 radical (unpaired) electrons.